The van der Waals surface area contributed by atoms with Crippen LogP contribution >= 0.6 is 31.9 Å². The molecule has 20 heavy (non-hydrogen) atoms. The molecular weight excluding hydrogens is 382 g/mol. The molecule has 0 aliphatic carbocycles. The van der Waals surface area contributed by atoms with Gasteiger partial charge in [0.15, 0.2) is 0 Å². The van der Waals surface area contributed by atoms with E-state index in [1.54, 1.807) is 7.11 Å². The summed E-state index contributed by atoms with van der Waals surface area (Å²) in [6.07, 6.45) is 2.12. The summed E-state index contributed by atoms with van der Waals surface area (Å²) >= 11 is 7.06. The second-order valence-electron chi connectivity index (χ2n) is 4.62. The van der Waals surface area contributed by atoms with Gasteiger partial charge in [0.25, 0.3) is 0 Å². The smallest absolute Gasteiger partial charge is 0.133 e. The standard InChI is InChI=1S/C16H13Br2NO/c1-20-16-5-2-11(8-14(16)18)10-19-7-6-12-3-4-13(17)9-15(12)19/h2-9H,10H2,1H3. The lowest BCUT2D eigenvalue weighted by molar-refractivity contribution is 0.412. The summed E-state index contributed by atoms with van der Waals surface area (Å²) in [5.74, 6) is 0.855. The van der Waals surface area contributed by atoms with Crippen molar-refractivity contribution < 1.29 is 4.74 Å². The first-order chi connectivity index (χ1) is 9.67. The summed E-state index contributed by atoms with van der Waals surface area (Å²) in [5, 5.41) is 1.25. The quantitative estimate of drug-likeness (QED) is 0.593. The van der Waals surface area contributed by atoms with Crippen molar-refractivity contribution >= 4 is 42.8 Å². The van der Waals surface area contributed by atoms with Crippen molar-refractivity contribution in [2.75, 3.05) is 7.11 Å². The van der Waals surface area contributed by atoms with Crippen LogP contribution in [0.5, 0.6) is 5.75 Å². The summed E-state index contributed by atoms with van der Waals surface area (Å²) in [6.45, 7) is 0.836. The normalized spacial score (nSPS) is 10.9. The summed E-state index contributed by atoms with van der Waals surface area (Å²) in [6, 6.07) is 14.7. The molecule has 0 spiro atoms. The van der Waals surface area contributed by atoms with E-state index in [4.69, 9.17) is 4.74 Å². The fourth-order valence-corrected chi connectivity index (χ4v) is 3.24. The highest BCUT2D eigenvalue weighted by atomic mass is 79.9. The highest BCUT2D eigenvalue weighted by Crippen LogP contribution is 2.27. The molecule has 3 aromatic rings. The van der Waals surface area contributed by atoms with Gasteiger partial charge in [-0.2, -0.15) is 0 Å². The molecule has 0 atom stereocenters. The lowest BCUT2D eigenvalue weighted by Gasteiger charge is -2.09. The zero-order valence-corrected chi connectivity index (χ0v) is 14.1. The molecule has 0 fully saturated rings. The molecule has 3 rings (SSSR count). The van der Waals surface area contributed by atoms with E-state index in [1.165, 1.54) is 16.5 Å². The van der Waals surface area contributed by atoms with Crippen LogP contribution in [-0.4, -0.2) is 11.7 Å². The first kappa shape index (κ1) is 13.7. The molecular formula is C16H13Br2NO. The summed E-state index contributed by atoms with van der Waals surface area (Å²) in [5.41, 5.74) is 2.46. The maximum absolute atomic E-state index is 5.26. The van der Waals surface area contributed by atoms with Crippen molar-refractivity contribution in [3.05, 3.63) is 63.2 Å². The minimum absolute atomic E-state index is 0.836. The van der Waals surface area contributed by atoms with Crippen LogP contribution in [0.3, 0.4) is 0 Å². The number of nitrogens with zero attached hydrogens (tertiary/aromatic N) is 1. The van der Waals surface area contributed by atoms with Gasteiger partial charge in [-0.05, 0) is 57.2 Å². The van der Waals surface area contributed by atoms with E-state index >= 15 is 0 Å². The lowest BCUT2D eigenvalue weighted by atomic mass is 10.2. The third-order valence-corrected chi connectivity index (χ3v) is 4.42. The average molecular weight is 395 g/mol. The van der Waals surface area contributed by atoms with Gasteiger partial charge in [-0.1, -0.05) is 28.1 Å². The van der Waals surface area contributed by atoms with Gasteiger partial charge >= 0.3 is 0 Å². The SMILES string of the molecule is COc1ccc(Cn2ccc3ccc(Br)cc32)cc1Br. The monoisotopic (exact) mass is 393 g/mol. The summed E-state index contributed by atoms with van der Waals surface area (Å²) in [7, 11) is 1.68. The highest BCUT2D eigenvalue weighted by Gasteiger charge is 2.05. The minimum Gasteiger partial charge on any atom is -0.496 e. The first-order valence-electron chi connectivity index (χ1n) is 6.24. The second-order valence-corrected chi connectivity index (χ2v) is 6.39. The van der Waals surface area contributed by atoms with E-state index in [0.29, 0.717) is 0 Å². The molecule has 1 heterocycles. The third kappa shape index (κ3) is 2.63. The Hall–Kier alpha value is -1.26. The first-order valence-corrected chi connectivity index (χ1v) is 7.83. The molecule has 0 saturated heterocycles. The molecule has 0 N–H and O–H groups in total. The molecule has 2 nitrogen and oxygen atoms in total. The van der Waals surface area contributed by atoms with Crippen molar-refractivity contribution in [1.82, 2.24) is 4.57 Å². The number of hydrogen-bond donors (Lipinski definition) is 0. The van der Waals surface area contributed by atoms with Gasteiger partial charge in [-0.15, -0.1) is 0 Å². The molecule has 0 aliphatic heterocycles. The van der Waals surface area contributed by atoms with Crippen molar-refractivity contribution in [2.45, 2.75) is 6.54 Å². The topological polar surface area (TPSA) is 14.2 Å². The van der Waals surface area contributed by atoms with E-state index in [0.717, 1.165) is 21.2 Å². The number of methoxy groups -OCH3 is 1. The van der Waals surface area contributed by atoms with E-state index < -0.39 is 0 Å². The zero-order chi connectivity index (χ0) is 14.1. The van der Waals surface area contributed by atoms with Gasteiger partial charge in [-0.25, -0.2) is 0 Å². The highest BCUT2D eigenvalue weighted by molar-refractivity contribution is 9.10. The Morgan fingerprint density at radius 2 is 1.90 bits per heavy atom. The van der Waals surface area contributed by atoms with Crippen LogP contribution in [0.25, 0.3) is 10.9 Å². The Morgan fingerprint density at radius 1 is 1.05 bits per heavy atom. The van der Waals surface area contributed by atoms with Crippen LogP contribution in [-0.2, 0) is 6.54 Å². The number of aromatic nitrogens is 1. The maximum atomic E-state index is 5.26. The van der Waals surface area contributed by atoms with Crippen molar-refractivity contribution in [3.63, 3.8) is 0 Å². The largest absolute Gasteiger partial charge is 0.496 e. The van der Waals surface area contributed by atoms with Gasteiger partial charge in [0.1, 0.15) is 5.75 Å². The van der Waals surface area contributed by atoms with Crippen LogP contribution in [0.4, 0.5) is 0 Å². The van der Waals surface area contributed by atoms with Crippen molar-refractivity contribution in [3.8, 4) is 5.75 Å². The number of hydrogen-bond acceptors (Lipinski definition) is 1. The summed E-state index contributed by atoms with van der Waals surface area (Å²) in [4.78, 5) is 0. The van der Waals surface area contributed by atoms with Gasteiger partial charge in [0, 0.05) is 22.7 Å². The number of ether oxygens (including phenoxy) is 1. The predicted molar refractivity (Wildman–Crippen MR) is 89.4 cm³/mol. The number of halogens is 2. The van der Waals surface area contributed by atoms with Gasteiger partial charge in [0.2, 0.25) is 0 Å². The Balaban J connectivity index is 1.97. The van der Waals surface area contributed by atoms with Gasteiger partial charge < -0.3 is 9.30 Å². The van der Waals surface area contributed by atoms with Crippen LogP contribution in [0.2, 0.25) is 0 Å². The minimum atomic E-state index is 0.836. The summed E-state index contributed by atoms with van der Waals surface area (Å²) < 4.78 is 9.59. The number of fused-ring (bicyclic) bond motifs is 1. The molecule has 2 aromatic carbocycles. The molecule has 0 saturated carbocycles. The van der Waals surface area contributed by atoms with E-state index in [9.17, 15) is 0 Å². The maximum Gasteiger partial charge on any atom is 0.133 e. The number of benzene rings is 2. The molecule has 0 radical (unpaired) electrons. The fraction of sp³-hybridized carbons (Fsp3) is 0.125. The Bertz CT molecular complexity index is 764. The van der Waals surface area contributed by atoms with E-state index in [1.807, 2.05) is 6.07 Å². The van der Waals surface area contributed by atoms with E-state index in [-0.39, 0.29) is 0 Å². The van der Waals surface area contributed by atoms with E-state index in [2.05, 4.69) is 79.0 Å². The van der Waals surface area contributed by atoms with Crippen LogP contribution in [0, 0.1) is 0 Å². The van der Waals surface area contributed by atoms with Gasteiger partial charge in [-0.3, -0.25) is 0 Å². The van der Waals surface area contributed by atoms with Crippen LogP contribution in [0.15, 0.2) is 57.6 Å². The van der Waals surface area contributed by atoms with Crippen molar-refractivity contribution in [1.29, 1.82) is 0 Å². The van der Waals surface area contributed by atoms with Crippen LogP contribution < -0.4 is 4.74 Å². The molecule has 0 amide bonds. The Labute approximate surface area is 134 Å². The Kier molecular flexibility index (Phi) is 3.85. The van der Waals surface area contributed by atoms with Crippen LogP contribution in [0.1, 0.15) is 5.56 Å². The second kappa shape index (κ2) is 5.62. The van der Waals surface area contributed by atoms with Gasteiger partial charge in [0.05, 0.1) is 11.6 Å². The number of rotatable bonds is 3. The molecule has 102 valence electrons. The molecule has 0 bridgehead atoms. The lowest BCUT2D eigenvalue weighted by Crippen LogP contribution is -1.98. The fourth-order valence-electron chi connectivity index (χ4n) is 2.30. The van der Waals surface area contributed by atoms with Crippen molar-refractivity contribution in [2.24, 2.45) is 0 Å². The molecule has 1 aromatic heterocycles. The third-order valence-electron chi connectivity index (χ3n) is 3.31. The predicted octanol–water partition coefficient (Wildman–Crippen LogP) is 5.22. The molecule has 0 unspecified atom stereocenters. The molecule has 0 aliphatic rings. The molecule has 4 heteroatoms. The Morgan fingerprint density at radius 3 is 2.65 bits per heavy atom. The zero-order valence-electron chi connectivity index (χ0n) is 10.9. The average Bonchev–Trinajstić information content (AvgIpc) is 2.82.